The summed E-state index contributed by atoms with van der Waals surface area (Å²) in [5, 5.41) is 9.31. The van der Waals surface area contributed by atoms with Crippen molar-refractivity contribution in [2.45, 2.75) is 18.9 Å². The van der Waals surface area contributed by atoms with Gasteiger partial charge in [0.2, 0.25) is 0 Å². The van der Waals surface area contributed by atoms with E-state index in [1.807, 2.05) is 19.0 Å². The highest BCUT2D eigenvalue weighted by atomic mass is 16.3. The number of nitrogens with zero attached hydrogens (tertiary/aromatic N) is 2. The Balaban J connectivity index is 2.35. The second kappa shape index (κ2) is 4.58. The minimum absolute atomic E-state index is 0.104. The number of aliphatic hydroxyl groups excluding tert-OH is 1. The van der Waals surface area contributed by atoms with Crippen LogP contribution in [0, 0.1) is 0 Å². The van der Waals surface area contributed by atoms with E-state index in [9.17, 15) is 9.90 Å². The summed E-state index contributed by atoms with van der Waals surface area (Å²) in [6, 6.07) is 0. The normalized spacial score (nSPS) is 24.2. The quantitative estimate of drug-likeness (QED) is 0.648. The first kappa shape index (κ1) is 10.5. The third kappa shape index (κ3) is 2.97. The molecule has 1 amide bonds. The Bertz CT molecular complexity index is 182. The minimum Gasteiger partial charge on any atom is -0.383 e. The van der Waals surface area contributed by atoms with Gasteiger partial charge in [0.15, 0.2) is 0 Å². The largest absolute Gasteiger partial charge is 0.383 e. The monoisotopic (exact) mass is 186 g/mol. The molecule has 0 radical (unpaired) electrons. The summed E-state index contributed by atoms with van der Waals surface area (Å²) in [5.74, 6) is -0.104. The number of rotatable bonds is 3. The van der Waals surface area contributed by atoms with Crippen LogP contribution in [0.3, 0.4) is 0 Å². The summed E-state index contributed by atoms with van der Waals surface area (Å²) < 4.78 is 0. The predicted octanol–water partition coefficient (Wildman–Crippen LogP) is -0.469. The third-order valence-corrected chi connectivity index (χ3v) is 2.32. The Morgan fingerprint density at radius 3 is 2.92 bits per heavy atom. The van der Waals surface area contributed by atoms with Gasteiger partial charge in [-0.15, -0.1) is 0 Å². The lowest BCUT2D eigenvalue weighted by atomic mass is 10.1. The summed E-state index contributed by atoms with van der Waals surface area (Å²) in [6.07, 6.45) is 0.786. The molecule has 1 aliphatic heterocycles. The molecule has 13 heavy (non-hydrogen) atoms. The van der Waals surface area contributed by atoms with Crippen LogP contribution in [0.2, 0.25) is 0 Å². The van der Waals surface area contributed by atoms with E-state index in [4.69, 9.17) is 0 Å². The number of amides is 1. The number of likely N-dealkylation sites (tertiary alicyclic amines) is 1. The molecule has 1 N–H and O–H groups in total. The number of carbonyl (C=O) groups excluding carboxylic acids is 1. The van der Waals surface area contributed by atoms with Crippen molar-refractivity contribution < 1.29 is 9.90 Å². The van der Waals surface area contributed by atoms with Crippen molar-refractivity contribution in [2.75, 3.05) is 33.7 Å². The number of hydrogen-bond donors (Lipinski definition) is 1. The molecule has 0 aromatic heterocycles. The first-order chi connectivity index (χ1) is 6.11. The van der Waals surface area contributed by atoms with Crippen molar-refractivity contribution in [2.24, 2.45) is 0 Å². The fraction of sp³-hybridized carbons (Fsp3) is 0.889. The van der Waals surface area contributed by atoms with Crippen LogP contribution in [0.5, 0.6) is 0 Å². The molecule has 4 nitrogen and oxygen atoms in total. The number of piperidine rings is 1. The Hall–Kier alpha value is -0.610. The van der Waals surface area contributed by atoms with E-state index in [1.54, 1.807) is 4.90 Å². The molecule has 0 spiro atoms. The maximum atomic E-state index is 11.4. The average Bonchev–Trinajstić information content (AvgIpc) is 2.07. The molecule has 4 heteroatoms. The number of carbonyl (C=O) groups is 1. The van der Waals surface area contributed by atoms with Crippen molar-refractivity contribution in [1.82, 2.24) is 9.80 Å². The van der Waals surface area contributed by atoms with Crippen molar-refractivity contribution in [3.63, 3.8) is 0 Å². The fourth-order valence-corrected chi connectivity index (χ4v) is 1.46. The summed E-state index contributed by atoms with van der Waals surface area (Å²) in [7, 11) is 3.95. The van der Waals surface area contributed by atoms with Gasteiger partial charge in [-0.1, -0.05) is 0 Å². The van der Waals surface area contributed by atoms with E-state index >= 15 is 0 Å². The fourth-order valence-electron chi connectivity index (χ4n) is 1.46. The van der Waals surface area contributed by atoms with Crippen LogP contribution in [0.4, 0.5) is 0 Å². The van der Waals surface area contributed by atoms with E-state index in [0.29, 0.717) is 6.42 Å². The van der Waals surface area contributed by atoms with Crippen molar-refractivity contribution in [3.05, 3.63) is 0 Å². The van der Waals surface area contributed by atoms with Crippen LogP contribution in [0.15, 0.2) is 0 Å². The molecule has 76 valence electrons. The summed E-state index contributed by atoms with van der Waals surface area (Å²) >= 11 is 0. The summed E-state index contributed by atoms with van der Waals surface area (Å²) in [6.45, 7) is 2.38. The lowest BCUT2D eigenvalue weighted by molar-refractivity contribution is -0.143. The lowest BCUT2D eigenvalue weighted by Crippen LogP contribution is -2.46. The van der Waals surface area contributed by atoms with Crippen LogP contribution >= 0.6 is 0 Å². The van der Waals surface area contributed by atoms with Gasteiger partial charge in [0, 0.05) is 19.6 Å². The molecule has 0 aliphatic carbocycles. The highest BCUT2D eigenvalue weighted by Gasteiger charge is 2.25. The lowest BCUT2D eigenvalue weighted by Gasteiger charge is -2.30. The van der Waals surface area contributed by atoms with Crippen LogP contribution in [0.1, 0.15) is 12.8 Å². The molecule has 1 aliphatic rings. The van der Waals surface area contributed by atoms with Gasteiger partial charge < -0.3 is 14.9 Å². The second-order valence-corrected chi connectivity index (χ2v) is 3.79. The Morgan fingerprint density at radius 2 is 2.31 bits per heavy atom. The third-order valence-electron chi connectivity index (χ3n) is 2.32. The zero-order valence-electron chi connectivity index (χ0n) is 8.36. The molecule has 0 bridgehead atoms. The molecular weight excluding hydrogens is 168 g/mol. The highest BCUT2D eigenvalue weighted by Crippen LogP contribution is 2.10. The van der Waals surface area contributed by atoms with Crippen molar-refractivity contribution in [3.8, 4) is 0 Å². The summed E-state index contributed by atoms with van der Waals surface area (Å²) in [4.78, 5) is 15.2. The maximum absolute atomic E-state index is 11.4. The van der Waals surface area contributed by atoms with E-state index in [-0.39, 0.29) is 5.91 Å². The zero-order chi connectivity index (χ0) is 9.84. The molecule has 1 heterocycles. The Morgan fingerprint density at radius 1 is 1.62 bits per heavy atom. The van der Waals surface area contributed by atoms with Gasteiger partial charge in [-0.25, -0.2) is 0 Å². The van der Waals surface area contributed by atoms with Crippen molar-refractivity contribution in [1.29, 1.82) is 0 Å². The first-order valence-electron chi connectivity index (χ1n) is 4.73. The standard InChI is InChI=1S/C9H18N2O2/c1-10(2)6-7-11-5-3-4-8(12)9(11)13/h8,12H,3-7H2,1-2H3. The van der Waals surface area contributed by atoms with Gasteiger partial charge in [-0.2, -0.15) is 0 Å². The van der Waals surface area contributed by atoms with Gasteiger partial charge in [0.25, 0.3) is 5.91 Å². The van der Waals surface area contributed by atoms with Crippen LogP contribution in [-0.2, 0) is 4.79 Å². The SMILES string of the molecule is CN(C)CCN1CCCC(O)C1=O. The molecule has 0 aromatic carbocycles. The van der Waals surface area contributed by atoms with Gasteiger partial charge in [-0.3, -0.25) is 4.79 Å². The van der Waals surface area contributed by atoms with E-state index in [0.717, 1.165) is 26.1 Å². The highest BCUT2D eigenvalue weighted by molar-refractivity contribution is 5.81. The van der Waals surface area contributed by atoms with E-state index in [1.165, 1.54) is 0 Å². The number of likely N-dealkylation sites (N-methyl/N-ethyl adjacent to an activating group) is 1. The molecule has 1 unspecified atom stereocenters. The molecule has 0 saturated carbocycles. The minimum atomic E-state index is -0.754. The molecular formula is C9H18N2O2. The predicted molar refractivity (Wildman–Crippen MR) is 50.4 cm³/mol. The van der Waals surface area contributed by atoms with Crippen LogP contribution < -0.4 is 0 Å². The number of aliphatic hydroxyl groups is 1. The van der Waals surface area contributed by atoms with Crippen LogP contribution in [0.25, 0.3) is 0 Å². The van der Waals surface area contributed by atoms with Crippen molar-refractivity contribution >= 4 is 5.91 Å². The molecule has 1 rings (SSSR count). The average molecular weight is 186 g/mol. The molecule has 1 atom stereocenters. The summed E-state index contributed by atoms with van der Waals surface area (Å²) in [5.41, 5.74) is 0. The van der Waals surface area contributed by atoms with E-state index in [2.05, 4.69) is 0 Å². The Kier molecular flexibility index (Phi) is 3.69. The number of hydrogen-bond acceptors (Lipinski definition) is 3. The molecule has 0 aromatic rings. The van der Waals surface area contributed by atoms with Gasteiger partial charge >= 0.3 is 0 Å². The zero-order valence-corrected chi connectivity index (χ0v) is 8.36. The Labute approximate surface area is 79.1 Å². The topological polar surface area (TPSA) is 43.8 Å². The van der Waals surface area contributed by atoms with E-state index < -0.39 is 6.10 Å². The van der Waals surface area contributed by atoms with Crippen LogP contribution in [-0.4, -0.2) is 60.6 Å². The maximum Gasteiger partial charge on any atom is 0.251 e. The van der Waals surface area contributed by atoms with Gasteiger partial charge in [0.1, 0.15) is 6.10 Å². The van der Waals surface area contributed by atoms with Gasteiger partial charge in [-0.05, 0) is 26.9 Å². The first-order valence-corrected chi connectivity index (χ1v) is 4.73. The molecule has 1 fully saturated rings. The smallest absolute Gasteiger partial charge is 0.251 e. The molecule has 1 saturated heterocycles. The van der Waals surface area contributed by atoms with Gasteiger partial charge in [0.05, 0.1) is 0 Å². The second-order valence-electron chi connectivity index (χ2n) is 3.79.